The molecule has 1 amide bonds. The van der Waals surface area contributed by atoms with Crippen LogP contribution in [0.25, 0.3) is 0 Å². The zero-order valence-electron chi connectivity index (χ0n) is 9.51. The number of hydrogen-bond acceptors (Lipinski definition) is 3. The molecule has 5 heteroatoms. The maximum atomic E-state index is 11.4. The number of amides is 1. The molecule has 1 aromatic rings. The van der Waals surface area contributed by atoms with Crippen LogP contribution in [-0.2, 0) is 16.0 Å². The highest BCUT2D eigenvalue weighted by Gasteiger charge is 2.20. The molecule has 0 fully saturated rings. The van der Waals surface area contributed by atoms with Crippen molar-refractivity contribution in [3.05, 3.63) is 29.8 Å². The smallest absolute Gasteiger partial charge is 0.315 e. The lowest BCUT2D eigenvalue weighted by Gasteiger charge is -2.08. The lowest BCUT2D eigenvalue weighted by molar-refractivity contribution is -0.144. The predicted molar refractivity (Wildman–Crippen MR) is 62.7 cm³/mol. The minimum absolute atomic E-state index is 0.0712. The van der Waals surface area contributed by atoms with Gasteiger partial charge >= 0.3 is 5.97 Å². The molecule has 0 spiro atoms. The Morgan fingerprint density at radius 3 is 2.35 bits per heavy atom. The van der Waals surface area contributed by atoms with Crippen molar-refractivity contribution in [3.8, 4) is 0 Å². The highest BCUT2D eigenvalue weighted by molar-refractivity contribution is 6.03. The number of carboxylic acid groups (broad SMARTS) is 1. The Labute approximate surface area is 99.1 Å². The molecule has 0 bridgehead atoms. The van der Waals surface area contributed by atoms with Gasteiger partial charge in [0.25, 0.3) is 0 Å². The van der Waals surface area contributed by atoms with Crippen LogP contribution in [0.2, 0.25) is 0 Å². The van der Waals surface area contributed by atoms with Crippen LogP contribution in [0.15, 0.2) is 24.3 Å². The monoisotopic (exact) mass is 237 g/mol. The molecule has 1 atom stereocenters. The molecule has 0 saturated heterocycles. The number of aliphatic hydroxyl groups is 1. The molecule has 0 aromatic heterocycles. The Morgan fingerprint density at radius 2 is 1.88 bits per heavy atom. The van der Waals surface area contributed by atoms with E-state index in [1.54, 1.807) is 24.3 Å². The summed E-state index contributed by atoms with van der Waals surface area (Å²) < 4.78 is 0. The van der Waals surface area contributed by atoms with Crippen molar-refractivity contribution in [2.24, 2.45) is 5.92 Å². The summed E-state index contributed by atoms with van der Waals surface area (Å²) in [6.07, 6.45) is 0.555. The van der Waals surface area contributed by atoms with Crippen LogP contribution in [0.4, 0.5) is 5.69 Å². The topological polar surface area (TPSA) is 86.6 Å². The van der Waals surface area contributed by atoms with Crippen LogP contribution in [-0.4, -0.2) is 28.7 Å². The van der Waals surface area contributed by atoms with Crippen molar-refractivity contribution in [3.63, 3.8) is 0 Å². The number of carbonyl (C=O) groups is 2. The molecular weight excluding hydrogens is 222 g/mol. The van der Waals surface area contributed by atoms with Crippen LogP contribution in [0.3, 0.4) is 0 Å². The summed E-state index contributed by atoms with van der Waals surface area (Å²) in [4.78, 5) is 22.0. The van der Waals surface area contributed by atoms with Crippen LogP contribution >= 0.6 is 0 Å². The summed E-state index contributed by atoms with van der Waals surface area (Å²) in [6, 6.07) is 6.91. The van der Waals surface area contributed by atoms with Gasteiger partial charge in [-0.3, -0.25) is 9.59 Å². The van der Waals surface area contributed by atoms with Gasteiger partial charge in [-0.05, 0) is 31.0 Å². The first kappa shape index (κ1) is 13.2. The van der Waals surface area contributed by atoms with Gasteiger partial charge in [-0.1, -0.05) is 12.1 Å². The highest BCUT2D eigenvalue weighted by Crippen LogP contribution is 2.11. The molecule has 5 nitrogen and oxygen atoms in total. The third kappa shape index (κ3) is 3.88. The quantitative estimate of drug-likeness (QED) is 0.663. The van der Waals surface area contributed by atoms with E-state index < -0.39 is 17.8 Å². The summed E-state index contributed by atoms with van der Waals surface area (Å²) in [5.41, 5.74) is 1.50. The Morgan fingerprint density at radius 1 is 1.29 bits per heavy atom. The molecule has 17 heavy (non-hydrogen) atoms. The number of aliphatic hydroxyl groups excluding tert-OH is 1. The third-order valence-electron chi connectivity index (χ3n) is 2.39. The van der Waals surface area contributed by atoms with E-state index in [1.807, 2.05) is 0 Å². The largest absolute Gasteiger partial charge is 0.481 e. The van der Waals surface area contributed by atoms with Crippen molar-refractivity contribution >= 4 is 17.6 Å². The van der Waals surface area contributed by atoms with Crippen LogP contribution in [0, 0.1) is 5.92 Å². The number of anilines is 1. The summed E-state index contributed by atoms with van der Waals surface area (Å²) in [5, 5.41) is 19.9. The van der Waals surface area contributed by atoms with Crippen molar-refractivity contribution in [2.45, 2.75) is 13.3 Å². The van der Waals surface area contributed by atoms with Crippen molar-refractivity contribution in [1.29, 1.82) is 0 Å². The number of benzene rings is 1. The van der Waals surface area contributed by atoms with E-state index in [-0.39, 0.29) is 6.61 Å². The Balaban J connectivity index is 2.63. The number of hydrogen-bond donors (Lipinski definition) is 3. The van der Waals surface area contributed by atoms with E-state index in [4.69, 9.17) is 10.2 Å². The average molecular weight is 237 g/mol. The molecule has 0 aliphatic rings. The number of carboxylic acids is 1. The first-order valence-corrected chi connectivity index (χ1v) is 5.28. The van der Waals surface area contributed by atoms with Crippen molar-refractivity contribution in [2.75, 3.05) is 11.9 Å². The Hall–Kier alpha value is -1.88. The van der Waals surface area contributed by atoms with E-state index in [9.17, 15) is 9.59 Å². The fourth-order valence-corrected chi connectivity index (χ4v) is 1.25. The third-order valence-corrected chi connectivity index (χ3v) is 2.39. The molecule has 0 radical (unpaired) electrons. The molecule has 1 unspecified atom stereocenters. The fourth-order valence-electron chi connectivity index (χ4n) is 1.25. The van der Waals surface area contributed by atoms with Crippen molar-refractivity contribution in [1.82, 2.24) is 0 Å². The van der Waals surface area contributed by atoms with E-state index in [2.05, 4.69) is 5.32 Å². The van der Waals surface area contributed by atoms with Gasteiger partial charge in [0.05, 0.1) is 0 Å². The molecule has 92 valence electrons. The fraction of sp³-hybridized carbons (Fsp3) is 0.333. The number of aliphatic carboxylic acids is 1. The summed E-state index contributed by atoms with van der Waals surface area (Å²) in [5.74, 6) is -2.78. The molecular formula is C12H15NO4. The average Bonchev–Trinajstić information content (AvgIpc) is 2.30. The number of nitrogens with one attached hydrogen (secondary N) is 1. The minimum Gasteiger partial charge on any atom is -0.481 e. The molecule has 1 rings (SSSR count). The van der Waals surface area contributed by atoms with E-state index in [0.717, 1.165) is 5.56 Å². The van der Waals surface area contributed by atoms with Gasteiger partial charge < -0.3 is 15.5 Å². The summed E-state index contributed by atoms with van der Waals surface area (Å²) in [6.45, 7) is 1.40. The van der Waals surface area contributed by atoms with E-state index in [0.29, 0.717) is 12.1 Å². The maximum absolute atomic E-state index is 11.4. The molecule has 0 heterocycles. The second kappa shape index (κ2) is 6.00. The van der Waals surface area contributed by atoms with Crippen LogP contribution in [0.1, 0.15) is 12.5 Å². The second-order valence-corrected chi connectivity index (χ2v) is 3.72. The minimum atomic E-state index is -1.15. The first-order chi connectivity index (χ1) is 8.04. The molecule has 0 aliphatic carbocycles. The molecule has 0 saturated carbocycles. The molecule has 3 N–H and O–H groups in total. The summed E-state index contributed by atoms with van der Waals surface area (Å²) >= 11 is 0. The number of rotatable bonds is 5. The zero-order chi connectivity index (χ0) is 12.8. The standard InChI is InChI=1S/C12H15NO4/c1-8(12(16)17)11(15)13-10-4-2-9(3-5-10)6-7-14/h2-5,8,14H,6-7H2,1H3,(H,13,15)(H,16,17). The Kier molecular flexibility index (Phi) is 4.66. The van der Waals surface area contributed by atoms with Gasteiger partial charge in [0.2, 0.25) is 5.91 Å². The van der Waals surface area contributed by atoms with Gasteiger partial charge in [0.1, 0.15) is 5.92 Å². The Bertz CT molecular complexity index is 399. The molecule has 0 aliphatic heterocycles. The lowest BCUT2D eigenvalue weighted by atomic mass is 10.1. The second-order valence-electron chi connectivity index (χ2n) is 3.72. The summed E-state index contributed by atoms with van der Waals surface area (Å²) in [7, 11) is 0. The normalized spacial score (nSPS) is 11.9. The van der Waals surface area contributed by atoms with Gasteiger partial charge in [-0.2, -0.15) is 0 Å². The highest BCUT2D eigenvalue weighted by atomic mass is 16.4. The van der Waals surface area contributed by atoms with Crippen LogP contribution in [0.5, 0.6) is 0 Å². The van der Waals surface area contributed by atoms with E-state index >= 15 is 0 Å². The van der Waals surface area contributed by atoms with E-state index in [1.165, 1.54) is 6.92 Å². The van der Waals surface area contributed by atoms with Crippen LogP contribution < -0.4 is 5.32 Å². The van der Waals surface area contributed by atoms with Crippen molar-refractivity contribution < 1.29 is 19.8 Å². The first-order valence-electron chi connectivity index (χ1n) is 5.28. The maximum Gasteiger partial charge on any atom is 0.315 e. The predicted octanol–water partition coefficient (Wildman–Crippen LogP) is 0.881. The lowest BCUT2D eigenvalue weighted by Crippen LogP contribution is -2.26. The van der Waals surface area contributed by atoms with Gasteiger partial charge in [0, 0.05) is 12.3 Å². The van der Waals surface area contributed by atoms with Gasteiger partial charge in [0.15, 0.2) is 0 Å². The zero-order valence-corrected chi connectivity index (χ0v) is 9.51. The number of carbonyl (C=O) groups excluding carboxylic acids is 1. The molecule has 1 aromatic carbocycles. The SMILES string of the molecule is CC(C(=O)O)C(=O)Nc1ccc(CCO)cc1. The van der Waals surface area contributed by atoms with Gasteiger partial charge in [-0.25, -0.2) is 0 Å². The van der Waals surface area contributed by atoms with Gasteiger partial charge in [-0.15, -0.1) is 0 Å².